The number of rotatable bonds is 12. The molecule has 3 amide bonds. The van der Waals surface area contributed by atoms with Crippen LogP contribution in [0.3, 0.4) is 0 Å². The van der Waals surface area contributed by atoms with Crippen LogP contribution in [0.5, 0.6) is 0 Å². The summed E-state index contributed by atoms with van der Waals surface area (Å²) in [6, 6.07) is 0. The number of aliphatic hydroxyl groups excluding tert-OH is 6. The van der Waals surface area contributed by atoms with Crippen molar-refractivity contribution in [3.8, 4) is 0 Å². The smallest absolute Gasteiger partial charge is 0.253 e. The van der Waals surface area contributed by atoms with Crippen molar-refractivity contribution in [3.05, 3.63) is 21.8 Å². The summed E-state index contributed by atoms with van der Waals surface area (Å²) in [4.78, 5) is 39.4. The zero-order chi connectivity index (χ0) is 25.3. The molecule has 0 fully saturated rings. The lowest BCUT2D eigenvalue weighted by Crippen LogP contribution is -2.40. The van der Waals surface area contributed by atoms with Crippen molar-refractivity contribution in [3.63, 3.8) is 0 Å². The van der Waals surface area contributed by atoms with E-state index in [0.29, 0.717) is 0 Å². The van der Waals surface area contributed by atoms with Gasteiger partial charge in [-0.15, -0.1) is 0 Å². The largest absolute Gasteiger partial charge is 0.395 e. The van der Waals surface area contributed by atoms with Crippen molar-refractivity contribution in [1.29, 1.82) is 0 Å². The highest BCUT2D eigenvalue weighted by atomic mass is 127. The zero-order valence-corrected chi connectivity index (χ0v) is 23.6. The Morgan fingerprint density at radius 2 is 1.21 bits per heavy atom. The molecule has 0 aliphatic heterocycles. The molecule has 0 saturated heterocycles. The van der Waals surface area contributed by atoms with Crippen LogP contribution in [0.2, 0.25) is 0 Å². The molecule has 33 heavy (non-hydrogen) atoms. The third kappa shape index (κ3) is 8.05. The van der Waals surface area contributed by atoms with Gasteiger partial charge in [-0.05, 0) is 67.8 Å². The number of amides is 3. The molecule has 0 spiro atoms. The molecule has 0 aromatic heterocycles. The molecule has 15 heteroatoms. The van der Waals surface area contributed by atoms with E-state index in [1.54, 1.807) is 22.6 Å². The van der Waals surface area contributed by atoms with Gasteiger partial charge in [0.05, 0.1) is 56.0 Å². The average molecular weight is 807 g/mol. The fourth-order valence-corrected chi connectivity index (χ4v) is 7.29. The first kappa shape index (κ1) is 30.6. The lowest BCUT2D eigenvalue weighted by molar-refractivity contribution is -0.121. The van der Waals surface area contributed by atoms with Crippen molar-refractivity contribution < 1.29 is 45.0 Å². The number of hydrogen-bond donors (Lipinski definition) is 8. The Balaban J connectivity index is 3.71. The van der Waals surface area contributed by atoms with Crippen LogP contribution in [0.15, 0.2) is 0 Å². The van der Waals surface area contributed by atoms with E-state index in [-0.39, 0.29) is 47.2 Å². The standard InChI is InChI=1S/C18H24I3N3O9/c19-13-11(17(32)22-3-8(29)5-26)14(20)16(24(1-2-25)10(31)7-28)15(21)12(13)18(33)23-4-9(30)6-27/h8-9,25-30H,1-7H2,(H,22,32)(H,23,33)/t8-,9?/m0/s1. The fourth-order valence-electron chi connectivity index (χ4n) is 2.56. The van der Waals surface area contributed by atoms with E-state index in [1.165, 1.54) is 0 Å². The summed E-state index contributed by atoms with van der Waals surface area (Å²) in [6.45, 7) is -3.28. The molecule has 2 atom stereocenters. The van der Waals surface area contributed by atoms with Gasteiger partial charge in [0.2, 0.25) is 0 Å². The van der Waals surface area contributed by atoms with Crippen LogP contribution in [0.25, 0.3) is 0 Å². The Hall–Kier alpha value is -0.420. The number of hydrogen-bond acceptors (Lipinski definition) is 9. The van der Waals surface area contributed by atoms with Crippen LogP contribution in [-0.4, -0.2) is 107 Å². The molecule has 0 heterocycles. The van der Waals surface area contributed by atoms with E-state index in [4.69, 9.17) is 10.2 Å². The summed E-state index contributed by atoms with van der Waals surface area (Å²) in [5.74, 6) is -2.16. The number of carbonyl (C=O) groups is 3. The number of carbonyl (C=O) groups excluding carboxylic acids is 3. The first-order chi connectivity index (χ1) is 15.5. The summed E-state index contributed by atoms with van der Waals surface area (Å²) in [6.07, 6.45) is -2.42. The molecule has 1 aromatic carbocycles. The maximum atomic E-state index is 13.0. The third-order valence-electron chi connectivity index (χ3n) is 4.20. The van der Waals surface area contributed by atoms with E-state index in [0.717, 1.165) is 4.90 Å². The molecule has 0 saturated carbocycles. The van der Waals surface area contributed by atoms with Crippen molar-refractivity contribution in [2.75, 3.05) is 51.0 Å². The van der Waals surface area contributed by atoms with E-state index in [9.17, 15) is 34.8 Å². The highest BCUT2D eigenvalue weighted by Crippen LogP contribution is 2.38. The molecule has 12 nitrogen and oxygen atoms in total. The van der Waals surface area contributed by atoms with Crippen LogP contribution in [0, 0.1) is 10.7 Å². The predicted octanol–water partition coefficient (Wildman–Crippen LogP) is -2.02. The van der Waals surface area contributed by atoms with E-state index in [1.807, 2.05) is 45.2 Å². The molecule has 0 aliphatic carbocycles. The summed E-state index contributed by atoms with van der Waals surface area (Å²) < 4.78 is 0.705. The van der Waals surface area contributed by atoms with E-state index >= 15 is 0 Å². The first-order valence-electron chi connectivity index (χ1n) is 9.42. The van der Waals surface area contributed by atoms with Crippen LogP contribution < -0.4 is 15.5 Å². The van der Waals surface area contributed by atoms with Gasteiger partial charge in [-0.25, -0.2) is 0 Å². The molecule has 8 N–H and O–H groups in total. The van der Waals surface area contributed by atoms with Gasteiger partial charge in [-0.3, -0.25) is 14.4 Å². The van der Waals surface area contributed by atoms with Gasteiger partial charge >= 0.3 is 0 Å². The number of nitrogens with zero attached hydrogens (tertiary/aromatic N) is 1. The zero-order valence-electron chi connectivity index (χ0n) is 17.1. The lowest BCUT2D eigenvalue weighted by Gasteiger charge is -2.27. The van der Waals surface area contributed by atoms with Gasteiger partial charge < -0.3 is 46.2 Å². The predicted molar refractivity (Wildman–Crippen MR) is 142 cm³/mol. The SMILES string of the molecule is O=C(NCC(O)CO)c1c(I)c(C(=O)NC[C@H](O)CO)c(I)c(N(CCO)C(=O)CO)c1I. The summed E-state index contributed by atoms with van der Waals surface area (Å²) in [7, 11) is 0. The molecule has 0 aliphatic rings. The Morgan fingerprint density at radius 1 is 0.788 bits per heavy atom. The maximum Gasteiger partial charge on any atom is 0.253 e. The molecule has 186 valence electrons. The summed E-state index contributed by atoms with van der Waals surface area (Å²) in [5.41, 5.74) is 0.113. The number of aliphatic hydroxyl groups is 6. The normalized spacial score (nSPS) is 12.8. The second kappa shape index (κ2) is 14.9. The van der Waals surface area contributed by atoms with Gasteiger partial charge in [-0.2, -0.15) is 0 Å². The fraction of sp³-hybridized carbons (Fsp3) is 0.500. The van der Waals surface area contributed by atoms with Crippen LogP contribution in [0.4, 0.5) is 5.69 Å². The Labute approximate surface area is 230 Å². The van der Waals surface area contributed by atoms with Gasteiger partial charge in [-0.1, -0.05) is 0 Å². The highest BCUT2D eigenvalue weighted by molar-refractivity contribution is 14.1. The molecule has 0 radical (unpaired) electrons. The average Bonchev–Trinajstić information content (AvgIpc) is 2.79. The number of benzene rings is 1. The minimum atomic E-state index is -1.21. The highest BCUT2D eigenvalue weighted by Gasteiger charge is 2.32. The minimum Gasteiger partial charge on any atom is -0.395 e. The lowest BCUT2D eigenvalue weighted by atomic mass is 10.1. The van der Waals surface area contributed by atoms with Crippen molar-refractivity contribution in [2.24, 2.45) is 0 Å². The van der Waals surface area contributed by atoms with Crippen molar-refractivity contribution in [2.45, 2.75) is 12.2 Å². The summed E-state index contributed by atoms with van der Waals surface area (Å²) >= 11 is 5.41. The second-order valence-corrected chi connectivity index (χ2v) is 9.80. The van der Waals surface area contributed by atoms with E-state index < -0.39 is 56.4 Å². The van der Waals surface area contributed by atoms with Crippen LogP contribution in [-0.2, 0) is 4.79 Å². The second-order valence-electron chi connectivity index (χ2n) is 6.56. The molecule has 1 rings (SSSR count). The Kier molecular flexibility index (Phi) is 13.8. The molecular weight excluding hydrogens is 783 g/mol. The van der Waals surface area contributed by atoms with Crippen molar-refractivity contribution >= 4 is 91.2 Å². The van der Waals surface area contributed by atoms with Gasteiger partial charge in [0.1, 0.15) is 6.61 Å². The molecule has 0 bridgehead atoms. The Morgan fingerprint density at radius 3 is 1.55 bits per heavy atom. The molecule has 1 unspecified atom stereocenters. The topological polar surface area (TPSA) is 200 Å². The molecular formula is C18H24I3N3O9. The monoisotopic (exact) mass is 807 g/mol. The minimum absolute atomic E-state index is 0.00158. The van der Waals surface area contributed by atoms with Gasteiger partial charge in [0.15, 0.2) is 0 Å². The molecule has 1 aromatic rings. The number of nitrogens with one attached hydrogen (secondary N) is 2. The quantitative estimate of drug-likeness (QED) is 0.110. The summed E-state index contributed by atoms with van der Waals surface area (Å²) in [5, 5.41) is 60.8. The van der Waals surface area contributed by atoms with Crippen LogP contribution >= 0.6 is 67.8 Å². The number of halogens is 3. The van der Waals surface area contributed by atoms with Gasteiger partial charge in [0, 0.05) is 23.2 Å². The van der Waals surface area contributed by atoms with Crippen molar-refractivity contribution in [1.82, 2.24) is 10.6 Å². The van der Waals surface area contributed by atoms with E-state index in [2.05, 4.69) is 10.6 Å². The maximum absolute atomic E-state index is 13.0. The first-order valence-corrected chi connectivity index (χ1v) is 12.7. The third-order valence-corrected chi connectivity index (χ3v) is 7.38. The Bertz CT molecular complexity index is 819. The van der Waals surface area contributed by atoms with Gasteiger partial charge in [0.25, 0.3) is 17.7 Å². The number of anilines is 1. The van der Waals surface area contributed by atoms with Crippen LogP contribution in [0.1, 0.15) is 20.7 Å².